The zero-order valence-electron chi connectivity index (χ0n) is 10.0. The Bertz CT molecular complexity index is 450. The van der Waals surface area contributed by atoms with Gasteiger partial charge in [0.05, 0.1) is 18.1 Å². The minimum atomic E-state index is -3.08. The molecule has 102 valence electrons. The van der Waals surface area contributed by atoms with E-state index in [0.717, 1.165) is 4.90 Å². The molecule has 0 aromatic heterocycles. The Morgan fingerprint density at radius 2 is 1.94 bits per heavy atom. The maximum absolute atomic E-state index is 12.4. The van der Waals surface area contributed by atoms with Crippen molar-refractivity contribution in [1.82, 2.24) is 4.90 Å². The Labute approximate surface area is 105 Å². The lowest BCUT2D eigenvalue weighted by Crippen LogP contribution is -2.46. The first-order valence-electron chi connectivity index (χ1n) is 5.57. The Morgan fingerprint density at radius 1 is 1.39 bits per heavy atom. The lowest BCUT2D eigenvalue weighted by molar-refractivity contribution is -0.129. The fraction of sp³-hybridized carbons (Fsp3) is 0.727. The molecule has 0 radical (unpaired) electrons. The third-order valence-corrected chi connectivity index (χ3v) is 4.51. The van der Waals surface area contributed by atoms with Crippen molar-refractivity contribution in [1.29, 1.82) is 0 Å². The molecule has 0 atom stereocenters. The van der Waals surface area contributed by atoms with E-state index < -0.39 is 34.8 Å². The summed E-state index contributed by atoms with van der Waals surface area (Å²) in [5, 5.41) is 0. The molecule has 0 aliphatic carbocycles. The number of hydrogen-bond acceptors (Lipinski definition) is 3. The van der Waals surface area contributed by atoms with E-state index >= 15 is 0 Å². The van der Waals surface area contributed by atoms with Gasteiger partial charge in [-0.2, -0.15) is 0 Å². The normalized spacial score (nSPS) is 19.1. The fourth-order valence-corrected chi connectivity index (χ4v) is 3.38. The van der Waals surface area contributed by atoms with E-state index in [1.54, 1.807) is 0 Å². The average Bonchev–Trinajstić information content (AvgIpc) is 2.26. The first-order valence-corrected chi connectivity index (χ1v) is 7.40. The minimum Gasteiger partial charge on any atom is -0.323 e. The highest BCUT2D eigenvalue weighted by Gasteiger charge is 2.31. The van der Waals surface area contributed by atoms with Gasteiger partial charge in [0.25, 0.3) is 12.3 Å². The lowest BCUT2D eigenvalue weighted by atomic mass is 10.1. The molecular formula is C11H15F2NO3S. The molecule has 0 spiro atoms. The van der Waals surface area contributed by atoms with E-state index in [0.29, 0.717) is 0 Å². The first kappa shape index (κ1) is 14.9. The summed E-state index contributed by atoms with van der Waals surface area (Å²) in [5.41, 5.74) is 0. The van der Waals surface area contributed by atoms with Crippen LogP contribution in [0.4, 0.5) is 8.78 Å². The van der Waals surface area contributed by atoms with Crippen LogP contribution in [0, 0.1) is 11.8 Å². The van der Waals surface area contributed by atoms with Crippen LogP contribution in [0.15, 0.2) is 0 Å². The fourth-order valence-electron chi connectivity index (χ4n) is 1.91. The predicted molar refractivity (Wildman–Crippen MR) is 62.8 cm³/mol. The van der Waals surface area contributed by atoms with Crippen LogP contribution < -0.4 is 0 Å². The van der Waals surface area contributed by atoms with Crippen LogP contribution in [-0.4, -0.2) is 49.7 Å². The van der Waals surface area contributed by atoms with Gasteiger partial charge in [-0.1, -0.05) is 5.92 Å². The number of hydrogen-bond donors (Lipinski definition) is 0. The zero-order chi connectivity index (χ0) is 13.8. The van der Waals surface area contributed by atoms with E-state index in [-0.39, 0.29) is 24.3 Å². The Balaban J connectivity index is 2.77. The summed E-state index contributed by atoms with van der Waals surface area (Å²) in [6.07, 6.45) is -2.25. The van der Waals surface area contributed by atoms with Gasteiger partial charge < -0.3 is 4.90 Å². The molecule has 0 aromatic rings. The maximum atomic E-state index is 12.4. The van der Waals surface area contributed by atoms with Crippen LogP contribution in [0.2, 0.25) is 0 Å². The number of carbonyl (C=O) groups excluding carboxylic acids is 1. The van der Waals surface area contributed by atoms with E-state index in [1.165, 1.54) is 6.92 Å². The second-order valence-corrected chi connectivity index (χ2v) is 6.41. The standard InChI is InChI=1S/C11H15F2NO3S/c1-2-3-11(15)14(8-10(12)13)9-4-6-18(16,17)7-5-9/h9-10H,4-8H2,1H3. The van der Waals surface area contributed by atoms with Crippen molar-refractivity contribution in [3.63, 3.8) is 0 Å². The van der Waals surface area contributed by atoms with Gasteiger partial charge in [0.2, 0.25) is 0 Å². The molecule has 0 N–H and O–H groups in total. The number of carbonyl (C=O) groups is 1. The largest absolute Gasteiger partial charge is 0.323 e. The molecule has 1 rings (SSSR count). The van der Waals surface area contributed by atoms with Gasteiger partial charge in [0, 0.05) is 6.04 Å². The molecule has 1 fully saturated rings. The maximum Gasteiger partial charge on any atom is 0.298 e. The summed E-state index contributed by atoms with van der Waals surface area (Å²) in [6, 6.07) is -0.462. The molecule has 0 saturated carbocycles. The molecule has 1 aliphatic heterocycles. The molecular weight excluding hydrogens is 264 g/mol. The predicted octanol–water partition coefficient (Wildman–Crippen LogP) is 0.681. The van der Waals surface area contributed by atoms with Crippen molar-refractivity contribution >= 4 is 15.7 Å². The third kappa shape index (κ3) is 4.26. The van der Waals surface area contributed by atoms with Gasteiger partial charge in [0.1, 0.15) is 9.84 Å². The molecule has 1 amide bonds. The third-order valence-electron chi connectivity index (χ3n) is 2.79. The molecule has 1 saturated heterocycles. The summed E-state index contributed by atoms with van der Waals surface area (Å²) in [5.74, 6) is 3.80. The van der Waals surface area contributed by atoms with E-state index in [9.17, 15) is 22.0 Å². The SMILES string of the molecule is CC#CC(=O)N(CC(F)F)C1CCS(=O)(=O)CC1. The summed E-state index contributed by atoms with van der Waals surface area (Å²) in [7, 11) is -3.08. The van der Waals surface area contributed by atoms with Crippen LogP contribution in [0.25, 0.3) is 0 Å². The topological polar surface area (TPSA) is 54.5 Å². The number of sulfone groups is 1. The summed E-state index contributed by atoms with van der Waals surface area (Å²) in [6.45, 7) is 0.752. The highest BCUT2D eigenvalue weighted by Crippen LogP contribution is 2.19. The van der Waals surface area contributed by atoms with Gasteiger partial charge in [0.15, 0.2) is 0 Å². The van der Waals surface area contributed by atoms with Crippen molar-refractivity contribution in [2.24, 2.45) is 0 Å². The van der Waals surface area contributed by atoms with E-state index in [2.05, 4.69) is 11.8 Å². The molecule has 0 unspecified atom stereocenters. The number of nitrogens with zero attached hydrogens (tertiary/aromatic N) is 1. The molecule has 4 nitrogen and oxygen atoms in total. The average molecular weight is 279 g/mol. The van der Waals surface area contributed by atoms with Crippen molar-refractivity contribution in [3.05, 3.63) is 0 Å². The smallest absolute Gasteiger partial charge is 0.298 e. The number of amides is 1. The summed E-state index contributed by atoms with van der Waals surface area (Å²) >= 11 is 0. The molecule has 1 heterocycles. The summed E-state index contributed by atoms with van der Waals surface area (Å²) < 4.78 is 47.4. The number of halogens is 2. The van der Waals surface area contributed by atoms with Gasteiger partial charge >= 0.3 is 0 Å². The van der Waals surface area contributed by atoms with Crippen molar-refractivity contribution in [2.45, 2.75) is 32.2 Å². The minimum absolute atomic E-state index is 0.0652. The first-order chi connectivity index (χ1) is 8.35. The van der Waals surface area contributed by atoms with Crippen LogP contribution in [0.3, 0.4) is 0 Å². The molecule has 0 bridgehead atoms. The second-order valence-electron chi connectivity index (χ2n) is 4.11. The van der Waals surface area contributed by atoms with Gasteiger partial charge in [-0.15, -0.1) is 0 Å². The Hall–Kier alpha value is -1.16. The molecule has 0 aromatic carbocycles. The summed E-state index contributed by atoms with van der Waals surface area (Å²) in [4.78, 5) is 12.6. The van der Waals surface area contributed by atoms with Crippen LogP contribution in [-0.2, 0) is 14.6 Å². The molecule has 7 heteroatoms. The van der Waals surface area contributed by atoms with Gasteiger partial charge in [-0.3, -0.25) is 4.79 Å². The van der Waals surface area contributed by atoms with Gasteiger partial charge in [-0.05, 0) is 25.7 Å². The monoisotopic (exact) mass is 279 g/mol. The van der Waals surface area contributed by atoms with Crippen molar-refractivity contribution in [2.75, 3.05) is 18.1 Å². The van der Waals surface area contributed by atoms with E-state index in [1.807, 2.05) is 0 Å². The van der Waals surface area contributed by atoms with Gasteiger partial charge in [-0.25, -0.2) is 17.2 Å². The second kappa shape index (κ2) is 6.14. The molecule has 1 aliphatic rings. The molecule has 18 heavy (non-hydrogen) atoms. The van der Waals surface area contributed by atoms with Crippen molar-refractivity contribution < 1.29 is 22.0 Å². The van der Waals surface area contributed by atoms with Crippen LogP contribution in [0.1, 0.15) is 19.8 Å². The van der Waals surface area contributed by atoms with Crippen molar-refractivity contribution in [3.8, 4) is 11.8 Å². The number of rotatable bonds is 3. The Morgan fingerprint density at radius 3 is 2.39 bits per heavy atom. The quantitative estimate of drug-likeness (QED) is 0.714. The lowest BCUT2D eigenvalue weighted by Gasteiger charge is -2.32. The zero-order valence-corrected chi connectivity index (χ0v) is 10.8. The van der Waals surface area contributed by atoms with E-state index in [4.69, 9.17) is 0 Å². The Kier molecular flexibility index (Phi) is 5.08. The van der Waals surface area contributed by atoms with Crippen LogP contribution >= 0.6 is 0 Å². The highest BCUT2D eigenvalue weighted by atomic mass is 32.2. The highest BCUT2D eigenvalue weighted by molar-refractivity contribution is 7.91. The number of alkyl halides is 2. The van der Waals surface area contributed by atoms with Crippen LogP contribution in [0.5, 0.6) is 0 Å².